The van der Waals surface area contributed by atoms with E-state index in [9.17, 15) is 0 Å². The summed E-state index contributed by atoms with van der Waals surface area (Å²) in [6, 6.07) is 2.04. The molecule has 0 fully saturated rings. The molecule has 2 rings (SSSR count). The van der Waals surface area contributed by atoms with Gasteiger partial charge in [-0.3, -0.25) is 5.10 Å². The average Bonchev–Trinajstić information content (AvgIpc) is 2.53. The number of nitrogens with one attached hydrogen (secondary N) is 1. The molecule has 0 aliphatic carbocycles. The fourth-order valence-electron chi connectivity index (χ4n) is 1.13. The molecule has 0 atom stereocenters. The van der Waals surface area contributed by atoms with Crippen molar-refractivity contribution in [1.82, 2.24) is 15.2 Å². The minimum atomic E-state index is 0.785. The Balaban J connectivity index is 0.000000461. The van der Waals surface area contributed by atoms with Crippen LogP contribution < -0.4 is 0 Å². The van der Waals surface area contributed by atoms with Crippen LogP contribution in [0.2, 0.25) is 0 Å². The molecule has 0 unspecified atom stereocenters. The number of hydrogen-bond donors (Lipinski definition) is 1. The molecule has 76 valence electrons. The molecule has 0 saturated carbocycles. The van der Waals surface area contributed by atoms with E-state index >= 15 is 0 Å². The van der Waals surface area contributed by atoms with Gasteiger partial charge in [0.15, 0.2) is 5.65 Å². The van der Waals surface area contributed by atoms with Crippen molar-refractivity contribution in [2.75, 3.05) is 0 Å². The number of aryl methyl sites for hydroxylation is 2. The predicted octanol–water partition coefficient (Wildman–Crippen LogP) is 3.36. The molecule has 0 radical (unpaired) electrons. The Morgan fingerprint density at radius 2 is 1.93 bits per heavy atom. The third kappa shape index (κ3) is 1.95. The van der Waals surface area contributed by atoms with Gasteiger partial charge in [0.25, 0.3) is 0 Å². The summed E-state index contributed by atoms with van der Waals surface area (Å²) in [5.74, 6) is 0. The fourth-order valence-corrected chi connectivity index (χ4v) is 1.44. The highest BCUT2D eigenvalue weighted by molar-refractivity contribution is 9.10. The number of nitrogens with zero attached hydrogens (tertiary/aromatic N) is 2. The molecule has 0 amide bonds. The van der Waals surface area contributed by atoms with Gasteiger partial charge in [0.1, 0.15) is 0 Å². The molecule has 0 aliphatic rings. The van der Waals surface area contributed by atoms with Gasteiger partial charge in [-0.15, -0.1) is 0 Å². The minimum Gasteiger partial charge on any atom is -0.280 e. The largest absolute Gasteiger partial charge is 0.280 e. The van der Waals surface area contributed by atoms with Gasteiger partial charge in [-0.05, 0) is 35.8 Å². The van der Waals surface area contributed by atoms with Crippen molar-refractivity contribution in [1.29, 1.82) is 0 Å². The number of H-pyrrole nitrogens is 1. The molecular formula is C10H14BrN3. The van der Waals surface area contributed by atoms with E-state index in [-0.39, 0.29) is 0 Å². The summed E-state index contributed by atoms with van der Waals surface area (Å²) in [6.45, 7) is 7.94. The fraction of sp³-hybridized carbons (Fsp3) is 0.400. The highest BCUT2D eigenvalue weighted by Crippen LogP contribution is 2.21. The summed E-state index contributed by atoms with van der Waals surface area (Å²) < 4.78 is 1.03. The molecule has 14 heavy (non-hydrogen) atoms. The van der Waals surface area contributed by atoms with E-state index in [0.717, 1.165) is 26.9 Å². The Labute approximate surface area is 92.1 Å². The van der Waals surface area contributed by atoms with Crippen molar-refractivity contribution in [3.05, 3.63) is 21.9 Å². The lowest BCUT2D eigenvalue weighted by molar-refractivity contribution is 1.05. The average molecular weight is 256 g/mol. The van der Waals surface area contributed by atoms with Gasteiger partial charge >= 0.3 is 0 Å². The standard InChI is InChI=1S/C8H8BrN3.C2H6/c1-4-6-3-7(9)5(2)10-8(6)12-11-4;1-2/h3H,1-2H3,(H,10,11,12);1-2H3. The van der Waals surface area contributed by atoms with Gasteiger partial charge in [0.05, 0.1) is 5.69 Å². The van der Waals surface area contributed by atoms with Gasteiger partial charge in [0, 0.05) is 15.6 Å². The molecule has 0 aliphatic heterocycles. The Morgan fingerprint density at radius 3 is 2.57 bits per heavy atom. The van der Waals surface area contributed by atoms with Crippen LogP contribution in [0, 0.1) is 13.8 Å². The summed E-state index contributed by atoms with van der Waals surface area (Å²) in [5.41, 5.74) is 2.81. The number of fused-ring (bicyclic) bond motifs is 1. The second-order valence-corrected chi connectivity index (χ2v) is 3.63. The second kappa shape index (κ2) is 4.55. The first-order valence-corrected chi connectivity index (χ1v) is 5.45. The maximum absolute atomic E-state index is 4.31. The first-order chi connectivity index (χ1) is 6.68. The van der Waals surface area contributed by atoms with Crippen molar-refractivity contribution in [3.63, 3.8) is 0 Å². The van der Waals surface area contributed by atoms with Crippen LogP contribution in [0.1, 0.15) is 25.2 Å². The Bertz CT molecular complexity index is 434. The van der Waals surface area contributed by atoms with Crippen LogP contribution in [-0.2, 0) is 0 Å². The van der Waals surface area contributed by atoms with Crippen molar-refractivity contribution in [2.45, 2.75) is 27.7 Å². The highest BCUT2D eigenvalue weighted by Gasteiger charge is 2.04. The minimum absolute atomic E-state index is 0.785. The van der Waals surface area contributed by atoms with Gasteiger partial charge in [-0.2, -0.15) is 5.10 Å². The van der Waals surface area contributed by atoms with Crippen LogP contribution >= 0.6 is 15.9 Å². The summed E-state index contributed by atoms with van der Waals surface area (Å²) >= 11 is 3.43. The molecule has 0 spiro atoms. The molecule has 0 saturated heterocycles. The number of halogens is 1. The Hall–Kier alpha value is -0.900. The van der Waals surface area contributed by atoms with Crippen LogP contribution in [0.25, 0.3) is 11.0 Å². The number of aromatic nitrogens is 3. The zero-order valence-electron chi connectivity index (χ0n) is 8.85. The molecular weight excluding hydrogens is 242 g/mol. The summed E-state index contributed by atoms with van der Waals surface area (Å²) in [7, 11) is 0. The lowest BCUT2D eigenvalue weighted by Crippen LogP contribution is -1.83. The Kier molecular flexibility index (Phi) is 3.63. The number of rotatable bonds is 0. The number of hydrogen-bond acceptors (Lipinski definition) is 2. The van der Waals surface area contributed by atoms with Crippen molar-refractivity contribution < 1.29 is 0 Å². The molecule has 0 aromatic carbocycles. The number of pyridine rings is 1. The monoisotopic (exact) mass is 255 g/mol. The maximum atomic E-state index is 4.31. The maximum Gasteiger partial charge on any atom is 0.181 e. The van der Waals surface area contributed by atoms with Crippen LogP contribution in [-0.4, -0.2) is 15.2 Å². The lowest BCUT2D eigenvalue weighted by atomic mass is 10.2. The summed E-state index contributed by atoms with van der Waals surface area (Å²) in [6.07, 6.45) is 0. The van der Waals surface area contributed by atoms with Crippen molar-refractivity contribution >= 4 is 27.0 Å². The number of aromatic amines is 1. The molecule has 2 aromatic rings. The highest BCUT2D eigenvalue weighted by atomic mass is 79.9. The Morgan fingerprint density at radius 1 is 1.29 bits per heavy atom. The van der Waals surface area contributed by atoms with E-state index in [1.54, 1.807) is 0 Å². The van der Waals surface area contributed by atoms with Gasteiger partial charge in [-0.25, -0.2) is 4.98 Å². The van der Waals surface area contributed by atoms with Crippen molar-refractivity contribution in [3.8, 4) is 0 Å². The lowest BCUT2D eigenvalue weighted by Gasteiger charge is -1.95. The zero-order valence-corrected chi connectivity index (χ0v) is 10.4. The molecule has 1 N–H and O–H groups in total. The molecule has 2 aromatic heterocycles. The third-order valence-electron chi connectivity index (χ3n) is 1.86. The zero-order chi connectivity index (χ0) is 10.7. The topological polar surface area (TPSA) is 41.6 Å². The van der Waals surface area contributed by atoms with E-state index in [1.165, 1.54) is 0 Å². The first kappa shape index (κ1) is 11.2. The normalized spacial score (nSPS) is 9.79. The van der Waals surface area contributed by atoms with Crippen LogP contribution in [0.4, 0.5) is 0 Å². The van der Waals surface area contributed by atoms with Crippen LogP contribution in [0.5, 0.6) is 0 Å². The van der Waals surface area contributed by atoms with Crippen molar-refractivity contribution in [2.24, 2.45) is 0 Å². The second-order valence-electron chi connectivity index (χ2n) is 2.78. The summed E-state index contributed by atoms with van der Waals surface area (Å²) in [5, 5.41) is 8.04. The first-order valence-electron chi connectivity index (χ1n) is 4.66. The quantitative estimate of drug-likeness (QED) is 0.785. The van der Waals surface area contributed by atoms with Gasteiger partial charge < -0.3 is 0 Å². The van der Waals surface area contributed by atoms with E-state index in [4.69, 9.17) is 0 Å². The molecule has 3 nitrogen and oxygen atoms in total. The molecule has 2 heterocycles. The molecule has 0 bridgehead atoms. The van der Waals surface area contributed by atoms with Crippen LogP contribution in [0.3, 0.4) is 0 Å². The SMILES string of the molecule is CC.Cc1nc2n[nH]c(C)c2cc1Br. The van der Waals surface area contributed by atoms with E-state index in [1.807, 2.05) is 33.8 Å². The van der Waals surface area contributed by atoms with E-state index < -0.39 is 0 Å². The van der Waals surface area contributed by atoms with Crippen LogP contribution in [0.15, 0.2) is 10.5 Å². The van der Waals surface area contributed by atoms with Gasteiger partial charge in [0.2, 0.25) is 0 Å². The van der Waals surface area contributed by atoms with E-state index in [2.05, 4.69) is 31.1 Å². The van der Waals surface area contributed by atoms with Gasteiger partial charge in [-0.1, -0.05) is 13.8 Å². The predicted molar refractivity (Wildman–Crippen MR) is 62.4 cm³/mol. The third-order valence-corrected chi connectivity index (χ3v) is 2.67. The summed E-state index contributed by atoms with van der Waals surface area (Å²) in [4.78, 5) is 4.31. The smallest absolute Gasteiger partial charge is 0.181 e. The molecule has 4 heteroatoms. The van der Waals surface area contributed by atoms with E-state index in [0.29, 0.717) is 0 Å².